The van der Waals surface area contributed by atoms with Gasteiger partial charge in [0.2, 0.25) is 5.82 Å². The second kappa shape index (κ2) is 8.13. The zero-order valence-corrected chi connectivity index (χ0v) is 16.0. The summed E-state index contributed by atoms with van der Waals surface area (Å²) in [6.07, 6.45) is 0. The lowest BCUT2D eigenvalue weighted by molar-refractivity contribution is 0.101. The minimum absolute atomic E-state index is 0.150. The maximum atomic E-state index is 13.8. The highest BCUT2D eigenvalue weighted by Gasteiger charge is 2.29. The molecule has 0 fully saturated rings. The molecule has 0 aliphatic heterocycles. The molecule has 0 atom stereocenters. The number of aryl methyl sites for hydroxylation is 2. The van der Waals surface area contributed by atoms with Crippen molar-refractivity contribution in [1.82, 2.24) is 5.16 Å². The molecule has 1 amide bonds. The van der Waals surface area contributed by atoms with E-state index in [1.54, 1.807) is 17.4 Å². The highest BCUT2D eigenvalue weighted by atomic mass is 19.2. The summed E-state index contributed by atoms with van der Waals surface area (Å²) >= 11 is 0. The molecule has 5 nitrogen and oxygen atoms in total. The molecule has 0 spiro atoms. The van der Waals surface area contributed by atoms with Crippen LogP contribution in [0.1, 0.15) is 32.9 Å². The summed E-state index contributed by atoms with van der Waals surface area (Å²) in [6.45, 7) is 5.02. The van der Waals surface area contributed by atoms with Crippen molar-refractivity contribution < 1.29 is 36.0 Å². The van der Waals surface area contributed by atoms with Crippen molar-refractivity contribution in [2.75, 3.05) is 5.32 Å². The van der Waals surface area contributed by atoms with E-state index in [9.17, 15) is 26.7 Å². The van der Waals surface area contributed by atoms with Gasteiger partial charge in [-0.3, -0.25) is 4.79 Å². The van der Waals surface area contributed by atoms with Crippen molar-refractivity contribution >= 4 is 11.6 Å². The minimum atomic E-state index is -2.33. The number of carbonyl (C=O) groups excluding carboxylic acids is 1. The smallest absolute Gasteiger partial charge is 0.278 e. The van der Waals surface area contributed by atoms with Crippen LogP contribution < -0.4 is 10.1 Å². The second-order valence-electron chi connectivity index (χ2n) is 6.45. The van der Waals surface area contributed by atoms with Gasteiger partial charge in [0.1, 0.15) is 23.8 Å². The third-order valence-corrected chi connectivity index (χ3v) is 4.58. The summed E-state index contributed by atoms with van der Waals surface area (Å²) in [5.41, 5.74) is 0.0790. The van der Waals surface area contributed by atoms with Crippen LogP contribution in [-0.2, 0) is 6.61 Å². The molecular weight excluding hydrogens is 411 g/mol. The number of carbonyl (C=O) groups is 1. The molecule has 3 rings (SSSR count). The normalized spacial score (nSPS) is 10.9. The lowest BCUT2D eigenvalue weighted by atomic mass is 10.1. The Balaban J connectivity index is 1.88. The molecule has 0 unspecified atom stereocenters. The zero-order valence-electron chi connectivity index (χ0n) is 16.0. The Labute approximate surface area is 167 Å². The highest BCUT2D eigenvalue weighted by Crippen LogP contribution is 2.28. The van der Waals surface area contributed by atoms with Gasteiger partial charge in [-0.2, -0.15) is 0 Å². The third-order valence-electron chi connectivity index (χ3n) is 4.58. The number of rotatable bonds is 5. The van der Waals surface area contributed by atoms with Gasteiger partial charge >= 0.3 is 0 Å². The molecule has 0 aliphatic carbocycles. The van der Waals surface area contributed by atoms with Crippen molar-refractivity contribution in [1.29, 1.82) is 0 Å². The molecule has 1 heterocycles. The summed E-state index contributed by atoms with van der Waals surface area (Å²) in [6, 6.07) is 5.37. The molecule has 158 valence electrons. The molecular formula is C20H15F5N2O3. The Morgan fingerprint density at radius 1 is 1.00 bits per heavy atom. The van der Waals surface area contributed by atoms with Gasteiger partial charge in [-0.25, -0.2) is 22.0 Å². The number of nitrogens with zero attached hydrogens (tertiary/aromatic N) is 1. The lowest BCUT2D eigenvalue weighted by Gasteiger charge is -2.12. The Morgan fingerprint density at radius 2 is 1.60 bits per heavy atom. The summed E-state index contributed by atoms with van der Waals surface area (Å²) in [4.78, 5) is 12.4. The summed E-state index contributed by atoms with van der Waals surface area (Å²) < 4.78 is 78.2. The number of hydrogen-bond donors (Lipinski definition) is 1. The minimum Gasteiger partial charge on any atom is -0.488 e. The van der Waals surface area contributed by atoms with Crippen LogP contribution in [0.3, 0.4) is 0 Å². The van der Waals surface area contributed by atoms with Crippen LogP contribution in [0.5, 0.6) is 5.75 Å². The fourth-order valence-electron chi connectivity index (χ4n) is 2.66. The average molecular weight is 426 g/mol. The molecule has 0 radical (unpaired) electrons. The Hall–Kier alpha value is -3.43. The molecule has 30 heavy (non-hydrogen) atoms. The van der Waals surface area contributed by atoms with Crippen molar-refractivity contribution in [3.63, 3.8) is 0 Å². The molecule has 10 heteroatoms. The predicted molar refractivity (Wildman–Crippen MR) is 95.7 cm³/mol. The van der Waals surface area contributed by atoms with Crippen LogP contribution in [0.2, 0.25) is 0 Å². The Bertz CT molecular complexity index is 1110. The molecule has 0 aliphatic rings. The Morgan fingerprint density at radius 3 is 2.23 bits per heavy atom. The summed E-state index contributed by atoms with van der Waals surface area (Å²) in [5.74, 6) is -11.6. The van der Waals surface area contributed by atoms with Crippen LogP contribution in [0.4, 0.5) is 27.6 Å². The molecule has 3 aromatic rings. The first-order valence-corrected chi connectivity index (χ1v) is 8.60. The topological polar surface area (TPSA) is 64.4 Å². The molecule has 0 saturated heterocycles. The van der Waals surface area contributed by atoms with Crippen molar-refractivity contribution in [3.8, 4) is 5.75 Å². The number of ether oxygens (including phenoxy) is 1. The maximum absolute atomic E-state index is 13.8. The average Bonchev–Trinajstić information content (AvgIpc) is 3.09. The van der Waals surface area contributed by atoms with Crippen molar-refractivity contribution in [3.05, 3.63) is 75.4 Å². The molecule has 2 aromatic carbocycles. The van der Waals surface area contributed by atoms with Gasteiger partial charge < -0.3 is 14.6 Å². The first-order chi connectivity index (χ1) is 14.1. The number of halogens is 5. The zero-order chi connectivity index (χ0) is 22.2. The molecule has 0 saturated carbocycles. The number of amides is 1. The number of nitrogens with one attached hydrogen (secondary N) is 1. The van der Waals surface area contributed by atoms with Gasteiger partial charge in [-0.05, 0) is 38.0 Å². The van der Waals surface area contributed by atoms with E-state index in [0.29, 0.717) is 5.75 Å². The molecule has 1 aromatic heterocycles. The van der Waals surface area contributed by atoms with Gasteiger partial charge in [-0.1, -0.05) is 17.3 Å². The van der Waals surface area contributed by atoms with E-state index in [-0.39, 0.29) is 17.9 Å². The third kappa shape index (κ3) is 3.72. The largest absolute Gasteiger partial charge is 0.488 e. The van der Waals surface area contributed by atoms with Gasteiger partial charge in [0.05, 0.1) is 5.56 Å². The van der Waals surface area contributed by atoms with Crippen LogP contribution in [-0.4, -0.2) is 11.1 Å². The number of benzene rings is 2. The van der Waals surface area contributed by atoms with Crippen LogP contribution in [0.25, 0.3) is 0 Å². The van der Waals surface area contributed by atoms with E-state index < -0.39 is 46.4 Å². The standard InChI is InChI=1S/C20H15F5N2O3/c1-8-5-4-6-12(9(8)2)29-7-11-10(3)30-27-18(11)20(28)26-19-16(24)14(22)13(21)15(23)17(19)25/h4-6H,7H2,1-3H3,(H,26,28). The van der Waals surface area contributed by atoms with Gasteiger partial charge in [0, 0.05) is 0 Å². The fraction of sp³-hybridized carbons (Fsp3) is 0.200. The number of aromatic nitrogens is 1. The van der Waals surface area contributed by atoms with Crippen molar-refractivity contribution in [2.45, 2.75) is 27.4 Å². The quantitative estimate of drug-likeness (QED) is 0.349. The van der Waals surface area contributed by atoms with Crippen molar-refractivity contribution in [2.24, 2.45) is 0 Å². The molecule has 1 N–H and O–H groups in total. The number of hydrogen-bond acceptors (Lipinski definition) is 4. The second-order valence-corrected chi connectivity index (χ2v) is 6.45. The lowest BCUT2D eigenvalue weighted by Crippen LogP contribution is -2.19. The fourth-order valence-corrected chi connectivity index (χ4v) is 2.66. The first kappa shape index (κ1) is 21.3. The maximum Gasteiger partial charge on any atom is 0.278 e. The molecule has 0 bridgehead atoms. The van der Waals surface area contributed by atoms with E-state index >= 15 is 0 Å². The Kier molecular flexibility index (Phi) is 5.77. The first-order valence-electron chi connectivity index (χ1n) is 8.60. The van der Waals surface area contributed by atoms with Gasteiger partial charge in [0.25, 0.3) is 5.91 Å². The predicted octanol–water partition coefficient (Wildman–Crippen LogP) is 5.13. The van der Waals surface area contributed by atoms with Crippen LogP contribution in [0.15, 0.2) is 22.7 Å². The van der Waals surface area contributed by atoms with Crippen LogP contribution in [0, 0.1) is 49.9 Å². The SMILES string of the molecule is Cc1cccc(OCc2c(C(=O)Nc3c(F)c(F)c(F)c(F)c3F)noc2C)c1C. The van der Waals surface area contributed by atoms with E-state index in [1.807, 2.05) is 19.9 Å². The van der Waals surface area contributed by atoms with E-state index in [0.717, 1.165) is 11.1 Å². The van der Waals surface area contributed by atoms with E-state index in [2.05, 4.69) is 5.16 Å². The monoisotopic (exact) mass is 426 g/mol. The van der Waals surface area contributed by atoms with E-state index in [4.69, 9.17) is 9.26 Å². The van der Waals surface area contributed by atoms with Gasteiger partial charge in [0.15, 0.2) is 29.0 Å². The summed E-state index contributed by atoms with van der Waals surface area (Å²) in [7, 11) is 0. The van der Waals surface area contributed by atoms with E-state index in [1.165, 1.54) is 6.92 Å². The van der Waals surface area contributed by atoms with Gasteiger partial charge in [-0.15, -0.1) is 0 Å². The number of anilines is 1. The highest BCUT2D eigenvalue weighted by molar-refractivity contribution is 6.04. The van der Waals surface area contributed by atoms with Crippen LogP contribution >= 0.6 is 0 Å². The summed E-state index contributed by atoms with van der Waals surface area (Å²) in [5, 5.41) is 5.17.